The first-order chi connectivity index (χ1) is 12.6. The zero-order chi connectivity index (χ0) is 18.8. The highest BCUT2D eigenvalue weighted by Crippen LogP contribution is 2.11. The fraction of sp³-hybridized carbons (Fsp3) is 0.250. The molecule has 0 heterocycles. The van der Waals surface area contributed by atoms with Gasteiger partial charge in [0.15, 0.2) is 0 Å². The van der Waals surface area contributed by atoms with Crippen LogP contribution < -0.4 is 10.6 Å². The highest BCUT2D eigenvalue weighted by atomic mass is 16.5. The maximum atomic E-state index is 11.9. The number of anilines is 1. The van der Waals surface area contributed by atoms with Crippen LogP contribution in [-0.2, 0) is 9.53 Å². The van der Waals surface area contributed by atoms with Crippen molar-refractivity contribution < 1.29 is 19.1 Å². The molecule has 2 aromatic carbocycles. The molecule has 0 fully saturated rings. The van der Waals surface area contributed by atoms with E-state index in [0.29, 0.717) is 23.4 Å². The lowest BCUT2D eigenvalue weighted by Crippen LogP contribution is -2.32. The van der Waals surface area contributed by atoms with Gasteiger partial charge in [-0.2, -0.15) is 0 Å². The molecule has 2 aromatic rings. The molecule has 2 rings (SSSR count). The largest absolute Gasteiger partial charge is 0.462 e. The standard InChI is InChI=1S/C20H22N2O4/c1-2-3-13-26-20(25)16-9-11-17(12-10-16)22-18(23)14-21-19(24)15-7-5-4-6-8-15/h4-12H,2-3,13-14H2,1H3,(H,21,24)(H,22,23). The van der Waals surface area contributed by atoms with Gasteiger partial charge in [-0.15, -0.1) is 0 Å². The van der Waals surface area contributed by atoms with Crippen LogP contribution in [-0.4, -0.2) is 30.9 Å². The molecule has 2 amide bonds. The fourth-order valence-electron chi connectivity index (χ4n) is 2.14. The van der Waals surface area contributed by atoms with E-state index in [9.17, 15) is 14.4 Å². The zero-order valence-electron chi connectivity index (χ0n) is 14.7. The molecule has 2 N–H and O–H groups in total. The van der Waals surface area contributed by atoms with Crippen molar-refractivity contribution in [3.8, 4) is 0 Å². The van der Waals surface area contributed by atoms with Crippen LogP contribution in [0.15, 0.2) is 54.6 Å². The van der Waals surface area contributed by atoms with Crippen molar-refractivity contribution >= 4 is 23.5 Å². The van der Waals surface area contributed by atoms with E-state index in [1.165, 1.54) is 0 Å². The Hall–Kier alpha value is -3.15. The third-order valence-corrected chi connectivity index (χ3v) is 3.58. The minimum atomic E-state index is -0.383. The summed E-state index contributed by atoms with van der Waals surface area (Å²) >= 11 is 0. The normalized spacial score (nSPS) is 10.0. The molecule has 0 aliphatic rings. The highest BCUT2D eigenvalue weighted by molar-refractivity contribution is 5.99. The second-order valence-electron chi connectivity index (χ2n) is 5.66. The number of amides is 2. The average molecular weight is 354 g/mol. The van der Waals surface area contributed by atoms with Crippen molar-refractivity contribution in [2.75, 3.05) is 18.5 Å². The molecule has 6 heteroatoms. The van der Waals surface area contributed by atoms with Crippen molar-refractivity contribution in [2.24, 2.45) is 0 Å². The van der Waals surface area contributed by atoms with Gasteiger partial charge in [0.05, 0.1) is 18.7 Å². The van der Waals surface area contributed by atoms with Gasteiger partial charge >= 0.3 is 5.97 Å². The minimum absolute atomic E-state index is 0.144. The van der Waals surface area contributed by atoms with Gasteiger partial charge in [-0.3, -0.25) is 9.59 Å². The Balaban J connectivity index is 1.80. The molecule has 136 valence electrons. The van der Waals surface area contributed by atoms with E-state index in [0.717, 1.165) is 12.8 Å². The van der Waals surface area contributed by atoms with E-state index in [2.05, 4.69) is 10.6 Å². The average Bonchev–Trinajstić information content (AvgIpc) is 2.67. The minimum Gasteiger partial charge on any atom is -0.462 e. The lowest BCUT2D eigenvalue weighted by molar-refractivity contribution is -0.115. The number of unbranched alkanes of at least 4 members (excludes halogenated alkanes) is 1. The predicted octanol–water partition coefficient (Wildman–Crippen LogP) is 3.01. The number of nitrogens with one attached hydrogen (secondary N) is 2. The number of carbonyl (C=O) groups is 3. The first-order valence-electron chi connectivity index (χ1n) is 8.50. The molecule has 0 bridgehead atoms. The van der Waals surface area contributed by atoms with E-state index in [4.69, 9.17) is 4.74 Å². The van der Waals surface area contributed by atoms with Crippen LogP contribution in [0.5, 0.6) is 0 Å². The Morgan fingerprint density at radius 1 is 0.923 bits per heavy atom. The van der Waals surface area contributed by atoms with E-state index in [1.54, 1.807) is 48.5 Å². The summed E-state index contributed by atoms with van der Waals surface area (Å²) < 4.78 is 5.12. The lowest BCUT2D eigenvalue weighted by atomic mass is 10.2. The summed E-state index contributed by atoms with van der Waals surface area (Å²) in [6.45, 7) is 2.27. The van der Waals surface area contributed by atoms with Crippen molar-refractivity contribution in [3.05, 3.63) is 65.7 Å². The molecule has 6 nitrogen and oxygen atoms in total. The van der Waals surface area contributed by atoms with Gasteiger partial charge in [0.2, 0.25) is 5.91 Å². The van der Waals surface area contributed by atoms with Crippen LogP contribution >= 0.6 is 0 Å². The van der Waals surface area contributed by atoms with Gasteiger partial charge in [0.25, 0.3) is 5.91 Å². The number of esters is 1. The van der Waals surface area contributed by atoms with E-state index >= 15 is 0 Å². The molecule has 0 aliphatic carbocycles. The number of rotatable bonds is 8. The van der Waals surface area contributed by atoms with Gasteiger partial charge in [-0.25, -0.2) is 4.79 Å². The van der Waals surface area contributed by atoms with Crippen LogP contribution in [0.3, 0.4) is 0 Å². The van der Waals surface area contributed by atoms with Gasteiger partial charge in [-0.1, -0.05) is 31.5 Å². The lowest BCUT2D eigenvalue weighted by Gasteiger charge is -2.08. The maximum absolute atomic E-state index is 11.9. The summed E-state index contributed by atoms with van der Waals surface area (Å²) in [4.78, 5) is 35.6. The van der Waals surface area contributed by atoms with Crippen LogP contribution in [0.2, 0.25) is 0 Å². The van der Waals surface area contributed by atoms with Crippen molar-refractivity contribution in [1.82, 2.24) is 5.32 Å². The molecule has 0 saturated carbocycles. The molecule has 0 aliphatic heterocycles. The predicted molar refractivity (Wildman–Crippen MR) is 99.0 cm³/mol. The second kappa shape index (κ2) is 9.98. The molecule has 0 aromatic heterocycles. The number of hydrogen-bond acceptors (Lipinski definition) is 4. The first kappa shape index (κ1) is 19.2. The fourth-order valence-corrected chi connectivity index (χ4v) is 2.14. The van der Waals surface area contributed by atoms with Gasteiger partial charge in [-0.05, 0) is 42.8 Å². The molecule has 0 saturated heterocycles. The Morgan fingerprint density at radius 2 is 1.62 bits per heavy atom. The molecular weight excluding hydrogens is 332 g/mol. The van der Waals surface area contributed by atoms with Crippen LogP contribution in [0, 0.1) is 0 Å². The van der Waals surface area contributed by atoms with E-state index < -0.39 is 0 Å². The summed E-state index contributed by atoms with van der Waals surface area (Å²) in [5.41, 5.74) is 1.46. The second-order valence-corrected chi connectivity index (χ2v) is 5.66. The molecule has 0 atom stereocenters. The maximum Gasteiger partial charge on any atom is 0.338 e. The summed E-state index contributed by atoms with van der Waals surface area (Å²) in [7, 11) is 0. The SMILES string of the molecule is CCCCOC(=O)c1ccc(NC(=O)CNC(=O)c2ccccc2)cc1. The number of benzene rings is 2. The number of hydrogen-bond donors (Lipinski definition) is 2. The van der Waals surface area contributed by atoms with Gasteiger partial charge < -0.3 is 15.4 Å². The quantitative estimate of drug-likeness (QED) is 0.564. The smallest absolute Gasteiger partial charge is 0.338 e. The summed E-state index contributed by atoms with van der Waals surface area (Å²) in [6, 6.07) is 15.1. The molecular formula is C20H22N2O4. The Kier molecular flexibility index (Phi) is 7.36. The van der Waals surface area contributed by atoms with Crippen LogP contribution in [0.25, 0.3) is 0 Å². The first-order valence-corrected chi connectivity index (χ1v) is 8.50. The summed E-state index contributed by atoms with van der Waals surface area (Å²) in [6.07, 6.45) is 1.79. The van der Waals surface area contributed by atoms with Crippen molar-refractivity contribution in [3.63, 3.8) is 0 Å². The summed E-state index contributed by atoms with van der Waals surface area (Å²) in [5, 5.41) is 5.21. The third-order valence-electron chi connectivity index (χ3n) is 3.58. The summed E-state index contributed by atoms with van der Waals surface area (Å²) in [5.74, 6) is -1.05. The molecule has 26 heavy (non-hydrogen) atoms. The Labute approximate surface area is 152 Å². The molecule has 0 spiro atoms. The highest BCUT2D eigenvalue weighted by Gasteiger charge is 2.09. The van der Waals surface area contributed by atoms with Gasteiger partial charge in [0.1, 0.15) is 0 Å². The monoisotopic (exact) mass is 354 g/mol. The van der Waals surface area contributed by atoms with E-state index in [1.807, 2.05) is 13.0 Å². The van der Waals surface area contributed by atoms with E-state index in [-0.39, 0.29) is 24.3 Å². The molecule has 0 unspecified atom stereocenters. The number of carbonyl (C=O) groups excluding carboxylic acids is 3. The molecule has 0 radical (unpaired) electrons. The Morgan fingerprint density at radius 3 is 2.27 bits per heavy atom. The van der Waals surface area contributed by atoms with Crippen LogP contribution in [0.1, 0.15) is 40.5 Å². The van der Waals surface area contributed by atoms with Crippen molar-refractivity contribution in [1.29, 1.82) is 0 Å². The van der Waals surface area contributed by atoms with Crippen molar-refractivity contribution in [2.45, 2.75) is 19.8 Å². The Bertz CT molecular complexity index is 742. The zero-order valence-corrected chi connectivity index (χ0v) is 14.7. The third kappa shape index (κ3) is 6.05. The van der Waals surface area contributed by atoms with Crippen LogP contribution in [0.4, 0.5) is 5.69 Å². The number of ether oxygens (including phenoxy) is 1. The topological polar surface area (TPSA) is 84.5 Å². The van der Waals surface area contributed by atoms with Gasteiger partial charge in [0, 0.05) is 11.3 Å².